The van der Waals surface area contributed by atoms with Crippen LogP contribution in [0, 0.1) is 11.3 Å². The highest BCUT2D eigenvalue weighted by Gasteiger charge is 2.03. The Hall–Kier alpha value is -2.86. The summed E-state index contributed by atoms with van der Waals surface area (Å²) >= 11 is 0. The van der Waals surface area contributed by atoms with E-state index in [9.17, 15) is 0 Å². The van der Waals surface area contributed by atoms with Crippen molar-refractivity contribution in [3.63, 3.8) is 0 Å². The molecule has 0 amide bonds. The minimum absolute atomic E-state index is 0.611. The lowest BCUT2D eigenvalue weighted by atomic mass is 10.0. The Kier molecular flexibility index (Phi) is 3.30. The van der Waals surface area contributed by atoms with Crippen LogP contribution >= 0.6 is 0 Å². The first-order valence-corrected chi connectivity index (χ1v) is 6.43. The quantitative estimate of drug-likeness (QED) is 0.779. The van der Waals surface area contributed by atoms with Crippen LogP contribution in [0.1, 0.15) is 11.1 Å². The molecule has 3 rings (SSSR count). The van der Waals surface area contributed by atoms with Gasteiger partial charge in [0, 0.05) is 12.7 Å². The van der Waals surface area contributed by atoms with Crippen LogP contribution < -0.4 is 5.32 Å². The second-order valence-electron chi connectivity index (χ2n) is 4.52. The monoisotopic (exact) mass is 259 g/mol. The van der Waals surface area contributed by atoms with Crippen molar-refractivity contribution >= 4 is 16.5 Å². The molecule has 0 unspecified atom stereocenters. The highest BCUT2D eigenvalue weighted by atomic mass is 14.9. The number of anilines is 1. The van der Waals surface area contributed by atoms with E-state index in [0.29, 0.717) is 12.1 Å². The van der Waals surface area contributed by atoms with Crippen molar-refractivity contribution in [2.75, 3.05) is 5.32 Å². The van der Waals surface area contributed by atoms with Gasteiger partial charge in [-0.15, -0.1) is 0 Å². The number of nitrogens with zero attached hydrogens (tertiary/aromatic N) is 2. The number of pyridine rings is 1. The number of benzene rings is 2. The molecule has 1 N–H and O–H groups in total. The molecule has 3 heteroatoms. The van der Waals surface area contributed by atoms with Gasteiger partial charge in [-0.1, -0.05) is 42.5 Å². The lowest BCUT2D eigenvalue weighted by molar-refractivity contribution is 1.15. The van der Waals surface area contributed by atoms with Crippen molar-refractivity contribution in [3.8, 4) is 6.07 Å². The van der Waals surface area contributed by atoms with E-state index in [-0.39, 0.29) is 0 Å². The first kappa shape index (κ1) is 12.2. The average molecular weight is 259 g/mol. The zero-order valence-corrected chi connectivity index (χ0v) is 10.9. The van der Waals surface area contributed by atoms with Crippen molar-refractivity contribution in [1.82, 2.24) is 4.98 Å². The summed E-state index contributed by atoms with van der Waals surface area (Å²) in [6.07, 6.45) is 3.31. The predicted molar refractivity (Wildman–Crippen MR) is 80.2 cm³/mol. The molecule has 0 saturated carbocycles. The van der Waals surface area contributed by atoms with Gasteiger partial charge in [-0.2, -0.15) is 5.26 Å². The van der Waals surface area contributed by atoms with E-state index in [2.05, 4.69) is 40.6 Å². The highest BCUT2D eigenvalue weighted by molar-refractivity contribution is 5.85. The Balaban J connectivity index is 1.89. The Morgan fingerprint density at radius 3 is 2.80 bits per heavy atom. The molecule has 3 nitrogen and oxygen atoms in total. The lowest BCUT2D eigenvalue weighted by Gasteiger charge is -2.10. The second kappa shape index (κ2) is 5.41. The molecule has 1 aromatic heterocycles. The third-order valence-corrected chi connectivity index (χ3v) is 3.29. The van der Waals surface area contributed by atoms with E-state index in [1.807, 2.05) is 18.2 Å². The standard InChI is InChI=1S/C17H13N3/c18-10-14-8-9-19-12-17(14)20-11-15-6-3-5-13-4-1-2-7-16(13)15/h1-9,12,20H,11H2. The van der Waals surface area contributed by atoms with Crippen LogP contribution in [0.15, 0.2) is 60.9 Å². The fraction of sp³-hybridized carbons (Fsp3) is 0.0588. The Bertz CT molecular complexity index is 782. The molecule has 20 heavy (non-hydrogen) atoms. The Labute approximate surface area is 117 Å². The predicted octanol–water partition coefficient (Wildman–Crippen LogP) is 3.72. The van der Waals surface area contributed by atoms with Gasteiger partial charge in [-0.3, -0.25) is 4.98 Å². The molecule has 2 aromatic carbocycles. The number of rotatable bonds is 3. The van der Waals surface area contributed by atoms with Crippen molar-refractivity contribution in [1.29, 1.82) is 5.26 Å². The third-order valence-electron chi connectivity index (χ3n) is 3.29. The van der Waals surface area contributed by atoms with E-state index in [1.165, 1.54) is 16.3 Å². The maximum absolute atomic E-state index is 9.07. The summed E-state index contributed by atoms with van der Waals surface area (Å²) in [5.74, 6) is 0. The lowest BCUT2D eigenvalue weighted by Crippen LogP contribution is -2.02. The molecule has 0 atom stereocenters. The molecule has 0 aliphatic carbocycles. The molecule has 0 spiro atoms. The maximum atomic E-state index is 9.07. The number of nitriles is 1. The minimum Gasteiger partial charge on any atom is -0.379 e. The van der Waals surface area contributed by atoms with Gasteiger partial charge in [0.2, 0.25) is 0 Å². The van der Waals surface area contributed by atoms with Gasteiger partial charge in [0.15, 0.2) is 0 Å². The average Bonchev–Trinajstić information content (AvgIpc) is 2.53. The first-order chi connectivity index (χ1) is 9.88. The number of fused-ring (bicyclic) bond motifs is 1. The van der Waals surface area contributed by atoms with E-state index in [4.69, 9.17) is 5.26 Å². The number of nitrogens with one attached hydrogen (secondary N) is 1. The fourth-order valence-electron chi connectivity index (χ4n) is 2.27. The van der Waals surface area contributed by atoms with Crippen molar-refractivity contribution in [2.24, 2.45) is 0 Å². The van der Waals surface area contributed by atoms with E-state index in [0.717, 1.165) is 5.69 Å². The smallest absolute Gasteiger partial charge is 0.101 e. The summed E-state index contributed by atoms with van der Waals surface area (Å²) < 4.78 is 0. The van der Waals surface area contributed by atoms with E-state index in [1.54, 1.807) is 18.5 Å². The SMILES string of the molecule is N#Cc1ccncc1NCc1cccc2ccccc12. The third kappa shape index (κ3) is 2.32. The molecule has 0 aliphatic rings. The van der Waals surface area contributed by atoms with Crippen LogP contribution in [-0.2, 0) is 6.54 Å². The highest BCUT2D eigenvalue weighted by Crippen LogP contribution is 2.20. The molecule has 96 valence electrons. The van der Waals surface area contributed by atoms with Gasteiger partial charge in [-0.25, -0.2) is 0 Å². The zero-order chi connectivity index (χ0) is 13.8. The van der Waals surface area contributed by atoms with Gasteiger partial charge >= 0.3 is 0 Å². The number of hydrogen-bond donors (Lipinski definition) is 1. The van der Waals surface area contributed by atoms with Crippen LogP contribution in [0.25, 0.3) is 10.8 Å². The minimum atomic E-state index is 0.611. The Morgan fingerprint density at radius 1 is 1.05 bits per heavy atom. The summed E-state index contributed by atoms with van der Waals surface area (Å²) in [6.45, 7) is 0.668. The first-order valence-electron chi connectivity index (χ1n) is 6.43. The van der Waals surface area contributed by atoms with E-state index >= 15 is 0 Å². The molecule has 0 radical (unpaired) electrons. The van der Waals surface area contributed by atoms with Crippen molar-refractivity contribution in [3.05, 3.63) is 72.1 Å². The summed E-state index contributed by atoms with van der Waals surface area (Å²) in [5.41, 5.74) is 2.58. The van der Waals surface area contributed by atoms with Gasteiger partial charge in [-0.05, 0) is 22.4 Å². The van der Waals surface area contributed by atoms with Crippen LogP contribution in [0.5, 0.6) is 0 Å². The van der Waals surface area contributed by atoms with Crippen LogP contribution in [0.4, 0.5) is 5.69 Å². The molecular weight excluding hydrogens is 246 g/mol. The molecule has 0 bridgehead atoms. The van der Waals surface area contributed by atoms with Crippen molar-refractivity contribution in [2.45, 2.75) is 6.54 Å². The molecule has 3 aromatic rings. The molecule has 0 fully saturated rings. The van der Waals surface area contributed by atoms with E-state index < -0.39 is 0 Å². The maximum Gasteiger partial charge on any atom is 0.101 e. The summed E-state index contributed by atoms with van der Waals surface area (Å²) in [5, 5.41) is 14.8. The number of aromatic nitrogens is 1. The Morgan fingerprint density at radius 2 is 1.90 bits per heavy atom. The zero-order valence-electron chi connectivity index (χ0n) is 10.9. The molecule has 1 heterocycles. The van der Waals surface area contributed by atoms with Gasteiger partial charge < -0.3 is 5.32 Å². The second-order valence-corrected chi connectivity index (χ2v) is 4.52. The van der Waals surface area contributed by atoms with Crippen LogP contribution in [0.2, 0.25) is 0 Å². The topological polar surface area (TPSA) is 48.7 Å². The molecule has 0 saturated heterocycles. The molecular formula is C17H13N3. The molecule has 0 aliphatic heterocycles. The number of hydrogen-bond acceptors (Lipinski definition) is 3. The summed E-state index contributed by atoms with van der Waals surface area (Å²) in [6, 6.07) is 18.4. The van der Waals surface area contributed by atoms with Crippen LogP contribution in [0.3, 0.4) is 0 Å². The largest absolute Gasteiger partial charge is 0.379 e. The van der Waals surface area contributed by atoms with Crippen molar-refractivity contribution < 1.29 is 0 Å². The summed E-state index contributed by atoms with van der Waals surface area (Å²) in [7, 11) is 0. The normalized spacial score (nSPS) is 10.2. The van der Waals surface area contributed by atoms with Gasteiger partial charge in [0.1, 0.15) is 6.07 Å². The van der Waals surface area contributed by atoms with Crippen LogP contribution in [-0.4, -0.2) is 4.98 Å². The van der Waals surface area contributed by atoms with Gasteiger partial charge in [0.25, 0.3) is 0 Å². The summed E-state index contributed by atoms with van der Waals surface area (Å²) in [4.78, 5) is 4.05. The van der Waals surface area contributed by atoms with Gasteiger partial charge in [0.05, 0.1) is 17.4 Å². The fourth-order valence-corrected chi connectivity index (χ4v) is 2.27.